The zero-order chi connectivity index (χ0) is 15.9. The van der Waals surface area contributed by atoms with E-state index in [2.05, 4.69) is 0 Å². The Bertz CT molecular complexity index is 722. The third-order valence-electron chi connectivity index (χ3n) is 3.19. The van der Waals surface area contributed by atoms with Crippen LogP contribution in [-0.4, -0.2) is 18.0 Å². The quantitative estimate of drug-likeness (QED) is 0.480. The summed E-state index contributed by atoms with van der Waals surface area (Å²) in [7, 11) is 1.33. The number of benzene rings is 2. The molecule has 0 N–H and O–H groups in total. The van der Waals surface area contributed by atoms with Crippen LogP contribution < -0.4 is 0 Å². The summed E-state index contributed by atoms with van der Waals surface area (Å²) >= 11 is 0. The largest absolute Gasteiger partial charge is 0.465 e. The van der Waals surface area contributed by atoms with Crippen molar-refractivity contribution in [3.8, 4) is 0 Å². The molecule has 0 heterocycles. The van der Waals surface area contributed by atoms with Crippen LogP contribution in [0.5, 0.6) is 0 Å². The normalized spacial score (nSPS) is 10.6. The minimum Gasteiger partial charge on any atom is -0.465 e. The molecule has 112 valence electrons. The Morgan fingerprint density at radius 2 is 1.86 bits per heavy atom. The molecule has 22 heavy (non-hydrogen) atoms. The van der Waals surface area contributed by atoms with E-state index in [1.54, 1.807) is 48.6 Å². The molecule has 0 bridgehead atoms. The van der Waals surface area contributed by atoms with Crippen LogP contribution in [0.2, 0.25) is 0 Å². The van der Waals surface area contributed by atoms with Gasteiger partial charge in [0.1, 0.15) is 0 Å². The van der Waals surface area contributed by atoms with E-state index in [0.29, 0.717) is 23.1 Å². The van der Waals surface area contributed by atoms with Gasteiger partial charge in [-0.2, -0.15) is 0 Å². The zero-order valence-electron chi connectivity index (χ0n) is 12.1. The number of esters is 1. The Balaban J connectivity index is 2.21. The fourth-order valence-corrected chi connectivity index (χ4v) is 2.11. The van der Waals surface area contributed by atoms with Crippen LogP contribution in [0.3, 0.4) is 0 Å². The highest BCUT2D eigenvalue weighted by Gasteiger charge is 2.11. The van der Waals surface area contributed by atoms with Crippen molar-refractivity contribution < 1.29 is 14.5 Å². The van der Waals surface area contributed by atoms with E-state index < -0.39 is 10.9 Å². The van der Waals surface area contributed by atoms with Crippen LogP contribution >= 0.6 is 0 Å². The SMILES string of the molecule is COC(=O)c1ccccc1C=CCc1ccccc1[N+](=O)[O-]. The van der Waals surface area contributed by atoms with E-state index in [9.17, 15) is 14.9 Å². The first-order valence-corrected chi connectivity index (χ1v) is 6.69. The number of carbonyl (C=O) groups is 1. The van der Waals surface area contributed by atoms with Crippen LogP contribution in [0.25, 0.3) is 6.08 Å². The zero-order valence-corrected chi connectivity index (χ0v) is 12.1. The van der Waals surface area contributed by atoms with E-state index in [-0.39, 0.29) is 5.69 Å². The highest BCUT2D eigenvalue weighted by Crippen LogP contribution is 2.19. The molecule has 5 heteroatoms. The molecule has 0 spiro atoms. The fraction of sp³-hybridized carbons (Fsp3) is 0.118. The molecule has 0 radical (unpaired) electrons. The van der Waals surface area contributed by atoms with E-state index >= 15 is 0 Å². The van der Waals surface area contributed by atoms with Gasteiger partial charge in [-0.3, -0.25) is 10.1 Å². The van der Waals surface area contributed by atoms with Gasteiger partial charge < -0.3 is 4.74 Å². The molecule has 0 saturated carbocycles. The van der Waals surface area contributed by atoms with E-state index in [4.69, 9.17) is 4.74 Å². The van der Waals surface area contributed by atoms with E-state index in [1.807, 2.05) is 6.07 Å². The Labute approximate surface area is 128 Å². The maximum atomic E-state index is 11.7. The minimum absolute atomic E-state index is 0.0911. The second-order valence-electron chi connectivity index (χ2n) is 4.57. The second kappa shape index (κ2) is 7.17. The van der Waals surface area contributed by atoms with Crippen LogP contribution in [0.4, 0.5) is 5.69 Å². The van der Waals surface area contributed by atoms with Gasteiger partial charge in [0.15, 0.2) is 0 Å². The van der Waals surface area contributed by atoms with Crippen molar-refractivity contribution in [1.82, 2.24) is 0 Å². The molecule has 0 aliphatic heterocycles. The van der Waals surface area contributed by atoms with Crippen molar-refractivity contribution in [3.63, 3.8) is 0 Å². The first-order valence-electron chi connectivity index (χ1n) is 6.69. The number of rotatable bonds is 5. The Morgan fingerprint density at radius 1 is 1.18 bits per heavy atom. The van der Waals surface area contributed by atoms with Crippen LogP contribution in [0.15, 0.2) is 54.6 Å². The number of nitrogens with zero attached hydrogens (tertiary/aromatic N) is 1. The van der Waals surface area contributed by atoms with Crippen molar-refractivity contribution in [3.05, 3.63) is 81.4 Å². The van der Waals surface area contributed by atoms with E-state index in [0.717, 1.165) is 0 Å². The van der Waals surface area contributed by atoms with Crippen molar-refractivity contribution in [2.45, 2.75) is 6.42 Å². The summed E-state index contributed by atoms with van der Waals surface area (Å²) in [6.07, 6.45) is 3.97. The highest BCUT2D eigenvalue weighted by molar-refractivity contribution is 5.93. The standard InChI is InChI=1S/C17H15NO4/c1-22-17(19)15-11-4-2-7-13(15)9-6-10-14-8-3-5-12-16(14)18(20)21/h2-9,11-12H,10H2,1H3. The molecule has 2 rings (SSSR count). The summed E-state index contributed by atoms with van der Waals surface area (Å²) in [5.74, 6) is -0.411. The lowest BCUT2D eigenvalue weighted by atomic mass is 10.0. The van der Waals surface area contributed by atoms with Gasteiger partial charge in [-0.05, 0) is 18.1 Å². The van der Waals surface area contributed by atoms with Crippen LogP contribution in [0, 0.1) is 10.1 Å². The van der Waals surface area contributed by atoms with Gasteiger partial charge in [0.05, 0.1) is 17.6 Å². The molecule has 0 aromatic heterocycles. The predicted molar refractivity (Wildman–Crippen MR) is 83.6 cm³/mol. The molecule has 0 aliphatic carbocycles. The molecule has 0 aliphatic rings. The molecular weight excluding hydrogens is 282 g/mol. The van der Waals surface area contributed by atoms with Gasteiger partial charge in [-0.25, -0.2) is 4.79 Å². The number of methoxy groups -OCH3 is 1. The topological polar surface area (TPSA) is 69.4 Å². The van der Waals surface area contributed by atoms with Gasteiger partial charge in [-0.1, -0.05) is 48.6 Å². The fourth-order valence-electron chi connectivity index (χ4n) is 2.11. The third kappa shape index (κ3) is 3.58. The van der Waals surface area contributed by atoms with Gasteiger partial charge >= 0.3 is 5.97 Å². The van der Waals surface area contributed by atoms with Gasteiger partial charge in [-0.15, -0.1) is 0 Å². The van der Waals surface area contributed by atoms with Gasteiger partial charge in [0, 0.05) is 11.6 Å². The van der Waals surface area contributed by atoms with Crippen molar-refractivity contribution >= 4 is 17.7 Å². The molecule has 0 saturated heterocycles. The number of nitro groups is 1. The molecule has 0 atom stereocenters. The van der Waals surface area contributed by atoms with Gasteiger partial charge in [0.25, 0.3) is 5.69 Å². The molecule has 0 amide bonds. The number of nitro benzene ring substituents is 1. The van der Waals surface area contributed by atoms with Crippen molar-refractivity contribution in [2.75, 3.05) is 7.11 Å². The smallest absolute Gasteiger partial charge is 0.338 e. The number of hydrogen-bond donors (Lipinski definition) is 0. The number of hydrogen-bond acceptors (Lipinski definition) is 4. The molecule has 2 aromatic rings. The van der Waals surface area contributed by atoms with Crippen molar-refractivity contribution in [1.29, 1.82) is 0 Å². The monoisotopic (exact) mass is 297 g/mol. The molecular formula is C17H15NO4. The maximum absolute atomic E-state index is 11.7. The summed E-state index contributed by atoms with van der Waals surface area (Å²) in [6.45, 7) is 0. The molecule has 5 nitrogen and oxygen atoms in total. The minimum atomic E-state index is -0.411. The van der Waals surface area contributed by atoms with Gasteiger partial charge in [0.2, 0.25) is 0 Å². The number of ether oxygens (including phenoxy) is 1. The lowest BCUT2D eigenvalue weighted by molar-refractivity contribution is -0.385. The second-order valence-corrected chi connectivity index (χ2v) is 4.57. The Hall–Kier alpha value is -2.95. The Kier molecular flexibility index (Phi) is 5.03. The van der Waals surface area contributed by atoms with Crippen LogP contribution in [0.1, 0.15) is 21.5 Å². The summed E-state index contributed by atoms with van der Waals surface area (Å²) in [5.41, 5.74) is 1.89. The lowest BCUT2D eigenvalue weighted by Crippen LogP contribution is -2.03. The molecule has 2 aromatic carbocycles. The number of para-hydroxylation sites is 1. The molecule has 0 fully saturated rings. The Morgan fingerprint density at radius 3 is 2.59 bits per heavy atom. The van der Waals surface area contributed by atoms with Crippen molar-refractivity contribution in [2.24, 2.45) is 0 Å². The average Bonchev–Trinajstić information content (AvgIpc) is 2.55. The van der Waals surface area contributed by atoms with Crippen LogP contribution in [-0.2, 0) is 11.2 Å². The summed E-state index contributed by atoms with van der Waals surface area (Å²) in [4.78, 5) is 22.2. The maximum Gasteiger partial charge on any atom is 0.338 e. The lowest BCUT2D eigenvalue weighted by Gasteiger charge is -2.03. The predicted octanol–water partition coefficient (Wildman–Crippen LogP) is 3.64. The summed E-state index contributed by atoms with van der Waals surface area (Å²) < 4.78 is 4.73. The third-order valence-corrected chi connectivity index (χ3v) is 3.19. The highest BCUT2D eigenvalue weighted by atomic mass is 16.6. The summed E-state index contributed by atoms with van der Waals surface area (Å²) in [6, 6.07) is 13.6. The number of carbonyl (C=O) groups excluding carboxylic acids is 1. The molecule has 0 unspecified atom stereocenters. The first kappa shape index (κ1) is 15.4. The first-order chi connectivity index (χ1) is 10.6. The summed E-state index contributed by atoms with van der Waals surface area (Å²) in [5, 5.41) is 11.0. The van der Waals surface area contributed by atoms with E-state index in [1.165, 1.54) is 13.2 Å². The average molecular weight is 297 g/mol. The number of allylic oxidation sites excluding steroid dienone is 1.